The summed E-state index contributed by atoms with van der Waals surface area (Å²) in [5, 5.41) is 10.6. The van der Waals surface area contributed by atoms with Crippen molar-refractivity contribution in [3.8, 4) is 0 Å². The van der Waals surface area contributed by atoms with Gasteiger partial charge in [-0.25, -0.2) is 0 Å². The molecule has 1 aromatic heterocycles. The highest BCUT2D eigenvalue weighted by Crippen LogP contribution is 2.21. The number of rotatable bonds is 5. The monoisotopic (exact) mass is 239 g/mol. The summed E-state index contributed by atoms with van der Waals surface area (Å²) in [7, 11) is 1.75. The average molecular weight is 239 g/mol. The van der Waals surface area contributed by atoms with Gasteiger partial charge in [-0.05, 0) is 13.8 Å². The van der Waals surface area contributed by atoms with E-state index < -0.39 is 0 Å². The minimum absolute atomic E-state index is 0.147. The van der Waals surface area contributed by atoms with Crippen molar-refractivity contribution in [1.82, 2.24) is 15.5 Å². The van der Waals surface area contributed by atoms with Gasteiger partial charge in [0.1, 0.15) is 5.60 Å². The summed E-state index contributed by atoms with van der Waals surface area (Å²) in [6.07, 6.45) is 0.958. The molecule has 0 radical (unpaired) electrons. The number of aryl methyl sites for hydroxylation is 2. The molecule has 5 heteroatoms. The van der Waals surface area contributed by atoms with Gasteiger partial charge in [0.25, 0.3) is 0 Å². The van der Waals surface area contributed by atoms with E-state index in [9.17, 15) is 0 Å². The van der Waals surface area contributed by atoms with Gasteiger partial charge in [-0.15, -0.1) is 0 Å². The van der Waals surface area contributed by atoms with Crippen LogP contribution in [0, 0.1) is 13.8 Å². The molecule has 17 heavy (non-hydrogen) atoms. The fraction of sp³-hybridized carbons (Fsp3) is 0.750. The number of H-pyrrole nitrogens is 1. The molecule has 1 aromatic rings. The molecular formula is C12H21N3O2. The Kier molecular flexibility index (Phi) is 3.81. The molecule has 1 atom stereocenters. The lowest BCUT2D eigenvalue weighted by Gasteiger charge is -2.26. The third kappa shape index (κ3) is 2.68. The third-order valence-corrected chi connectivity index (χ3v) is 3.53. The van der Waals surface area contributed by atoms with Crippen molar-refractivity contribution in [2.45, 2.75) is 32.4 Å². The van der Waals surface area contributed by atoms with Gasteiger partial charge in [0.05, 0.1) is 12.3 Å². The normalized spacial score (nSPS) is 24.4. The summed E-state index contributed by atoms with van der Waals surface area (Å²) < 4.78 is 11.0. The lowest BCUT2D eigenvalue weighted by molar-refractivity contribution is -0.0159. The van der Waals surface area contributed by atoms with Crippen molar-refractivity contribution in [1.29, 1.82) is 0 Å². The van der Waals surface area contributed by atoms with Gasteiger partial charge in [-0.2, -0.15) is 5.10 Å². The van der Waals surface area contributed by atoms with Crippen LogP contribution >= 0.6 is 0 Å². The Bertz CT molecular complexity index is 350. The summed E-state index contributed by atoms with van der Waals surface area (Å²) in [4.78, 5) is 0. The maximum absolute atomic E-state index is 5.57. The molecule has 5 nitrogen and oxygen atoms in total. The second kappa shape index (κ2) is 5.16. The van der Waals surface area contributed by atoms with Crippen LogP contribution in [0.5, 0.6) is 0 Å². The first kappa shape index (κ1) is 12.5. The molecule has 0 bridgehead atoms. The Hall–Kier alpha value is -0.910. The van der Waals surface area contributed by atoms with E-state index in [1.165, 1.54) is 5.56 Å². The summed E-state index contributed by atoms with van der Waals surface area (Å²) in [6, 6.07) is 0. The van der Waals surface area contributed by atoms with Gasteiger partial charge in [0.2, 0.25) is 0 Å². The van der Waals surface area contributed by atoms with E-state index in [0.29, 0.717) is 6.61 Å². The summed E-state index contributed by atoms with van der Waals surface area (Å²) in [6.45, 7) is 7.17. The molecular weight excluding hydrogens is 218 g/mol. The lowest BCUT2D eigenvalue weighted by atomic mass is 10.0. The molecule has 2 rings (SSSR count). The number of aromatic nitrogens is 2. The fourth-order valence-electron chi connectivity index (χ4n) is 2.21. The van der Waals surface area contributed by atoms with Crippen molar-refractivity contribution >= 4 is 0 Å². The van der Waals surface area contributed by atoms with Gasteiger partial charge in [-0.1, -0.05) is 0 Å². The number of methoxy groups -OCH3 is 1. The number of hydrogen-bond donors (Lipinski definition) is 2. The van der Waals surface area contributed by atoms with E-state index in [-0.39, 0.29) is 5.60 Å². The fourth-order valence-corrected chi connectivity index (χ4v) is 2.21. The Morgan fingerprint density at radius 3 is 2.88 bits per heavy atom. The SMILES string of the molecule is COC1(CNCc2c(C)n[nH]c2C)CCOC1. The van der Waals surface area contributed by atoms with E-state index in [1.807, 2.05) is 13.8 Å². The molecule has 0 saturated carbocycles. The largest absolute Gasteiger partial charge is 0.378 e. The van der Waals surface area contributed by atoms with E-state index in [0.717, 1.165) is 37.5 Å². The highest BCUT2D eigenvalue weighted by atomic mass is 16.5. The van der Waals surface area contributed by atoms with Crippen molar-refractivity contribution in [2.24, 2.45) is 0 Å². The van der Waals surface area contributed by atoms with Crippen molar-refractivity contribution in [2.75, 3.05) is 26.9 Å². The first-order valence-electron chi connectivity index (χ1n) is 6.01. The number of nitrogens with one attached hydrogen (secondary N) is 2. The standard InChI is InChI=1S/C12H21N3O2/c1-9-11(10(2)15-14-9)6-13-7-12(16-3)4-5-17-8-12/h13H,4-8H2,1-3H3,(H,14,15). The van der Waals surface area contributed by atoms with Crippen LogP contribution in [-0.2, 0) is 16.0 Å². The maximum Gasteiger partial charge on any atom is 0.106 e. The smallest absolute Gasteiger partial charge is 0.106 e. The van der Waals surface area contributed by atoms with Crippen LogP contribution in [0.4, 0.5) is 0 Å². The number of hydrogen-bond acceptors (Lipinski definition) is 4. The zero-order chi connectivity index (χ0) is 12.3. The highest BCUT2D eigenvalue weighted by molar-refractivity contribution is 5.22. The summed E-state index contributed by atoms with van der Waals surface area (Å²) in [5.41, 5.74) is 3.29. The second-order valence-electron chi connectivity index (χ2n) is 4.71. The van der Waals surface area contributed by atoms with Crippen molar-refractivity contribution in [3.63, 3.8) is 0 Å². The third-order valence-electron chi connectivity index (χ3n) is 3.53. The van der Waals surface area contributed by atoms with Crippen LogP contribution in [0.25, 0.3) is 0 Å². The first-order chi connectivity index (χ1) is 8.17. The molecule has 1 saturated heterocycles. The number of nitrogens with zero attached hydrogens (tertiary/aromatic N) is 1. The average Bonchev–Trinajstić information content (AvgIpc) is 2.91. The highest BCUT2D eigenvalue weighted by Gasteiger charge is 2.34. The van der Waals surface area contributed by atoms with Gasteiger partial charge >= 0.3 is 0 Å². The topological polar surface area (TPSA) is 59.2 Å². The molecule has 0 aromatic carbocycles. The molecule has 1 unspecified atom stereocenters. The van der Waals surface area contributed by atoms with Gasteiger partial charge in [0.15, 0.2) is 0 Å². The molecule has 96 valence electrons. The molecule has 1 aliphatic heterocycles. The minimum atomic E-state index is -0.147. The van der Waals surface area contributed by atoms with Crippen molar-refractivity contribution in [3.05, 3.63) is 17.0 Å². The molecule has 2 heterocycles. The number of ether oxygens (including phenoxy) is 2. The van der Waals surface area contributed by atoms with Crippen molar-refractivity contribution < 1.29 is 9.47 Å². The van der Waals surface area contributed by atoms with Crippen LogP contribution in [0.2, 0.25) is 0 Å². The zero-order valence-electron chi connectivity index (χ0n) is 10.8. The molecule has 1 aliphatic rings. The molecule has 2 N–H and O–H groups in total. The van der Waals surface area contributed by atoms with Gasteiger partial charge in [-0.3, -0.25) is 5.10 Å². The van der Waals surface area contributed by atoms with E-state index >= 15 is 0 Å². The van der Waals surface area contributed by atoms with Crippen LogP contribution in [-0.4, -0.2) is 42.7 Å². The summed E-state index contributed by atoms with van der Waals surface area (Å²) >= 11 is 0. The maximum atomic E-state index is 5.57. The number of aromatic amines is 1. The Balaban J connectivity index is 1.87. The second-order valence-corrected chi connectivity index (χ2v) is 4.71. The lowest BCUT2D eigenvalue weighted by Crippen LogP contribution is -2.42. The Labute approximate surface area is 102 Å². The predicted molar refractivity (Wildman–Crippen MR) is 64.9 cm³/mol. The minimum Gasteiger partial charge on any atom is -0.378 e. The summed E-state index contributed by atoms with van der Waals surface area (Å²) in [5.74, 6) is 0. The van der Waals surface area contributed by atoms with Gasteiger partial charge in [0, 0.05) is 44.5 Å². The van der Waals surface area contributed by atoms with Crippen LogP contribution in [0.15, 0.2) is 0 Å². The molecule has 1 fully saturated rings. The Morgan fingerprint density at radius 1 is 1.53 bits per heavy atom. The zero-order valence-corrected chi connectivity index (χ0v) is 10.8. The quantitative estimate of drug-likeness (QED) is 0.802. The first-order valence-corrected chi connectivity index (χ1v) is 6.01. The van der Waals surface area contributed by atoms with Crippen LogP contribution in [0.3, 0.4) is 0 Å². The van der Waals surface area contributed by atoms with E-state index in [2.05, 4.69) is 15.5 Å². The van der Waals surface area contributed by atoms with Gasteiger partial charge < -0.3 is 14.8 Å². The van der Waals surface area contributed by atoms with E-state index in [1.54, 1.807) is 7.11 Å². The predicted octanol–water partition coefficient (Wildman–Crippen LogP) is 0.922. The van der Waals surface area contributed by atoms with Crippen LogP contribution in [0.1, 0.15) is 23.4 Å². The van der Waals surface area contributed by atoms with Crippen LogP contribution < -0.4 is 5.32 Å². The Morgan fingerprint density at radius 2 is 2.35 bits per heavy atom. The molecule has 0 spiro atoms. The molecule has 0 aliphatic carbocycles. The molecule has 0 amide bonds. The van der Waals surface area contributed by atoms with E-state index in [4.69, 9.17) is 9.47 Å².